The highest BCUT2D eigenvalue weighted by Crippen LogP contribution is 2.30. The summed E-state index contributed by atoms with van der Waals surface area (Å²) in [6.07, 6.45) is -0.704. The predicted molar refractivity (Wildman–Crippen MR) is 116 cm³/mol. The first-order valence-corrected chi connectivity index (χ1v) is 10.1. The van der Waals surface area contributed by atoms with Crippen LogP contribution in [0.2, 0.25) is 0 Å². The fourth-order valence-electron chi connectivity index (χ4n) is 2.63. The molecule has 0 aliphatic carbocycles. The van der Waals surface area contributed by atoms with Gasteiger partial charge < -0.3 is 10.1 Å². The lowest BCUT2D eigenvalue weighted by molar-refractivity contribution is 0.0635. The highest BCUT2D eigenvalue weighted by molar-refractivity contribution is 7.17. The standard InChI is InChI=1S/C22H22FN3O3S/c1-13-18(30-20(24-13)14-8-6-5-7-9-14)19(27)25-17-12-15(23)10-11-16(17)26-21(28)29-22(2,3)4/h5-12H,1-4H3,(H,25,27)(H,26,28). The summed E-state index contributed by atoms with van der Waals surface area (Å²) in [5.41, 5.74) is 1.13. The minimum absolute atomic E-state index is 0.125. The van der Waals surface area contributed by atoms with Gasteiger partial charge in [0, 0.05) is 5.56 Å². The van der Waals surface area contributed by atoms with Crippen LogP contribution in [-0.4, -0.2) is 22.6 Å². The van der Waals surface area contributed by atoms with Crippen LogP contribution in [0.5, 0.6) is 0 Å². The van der Waals surface area contributed by atoms with Gasteiger partial charge in [0.1, 0.15) is 21.3 Å². The van der Waals surface area contributed by atoms with Gasteiger partial charge in [-0.1, -0.05) is 30.3 Å². The number of amides is 2. The quantitative estimate of drug-likeness (QED) is 0.547. The molecule has 0 aliphatic rings. The minimum Gasteiger partial charge on any atom is -0.444 e. The number of rotatable bonds is 4. The second-order valence-corrected chi connectivity index (χ2v) is 8.57. The van der Waals surface area contributed by atoms with Crippen LogP contribution in [-0.2, 0) is 4.74 Å². The highest BCUT2D eigenvalue weighted by atomic mass is 32.1. The monoisotopic (exact) mass is 427 g/mol. The number of halogens is 1. The summed E-state index contributed by atoms with van der Waals surface area (Å²) in [7, 11) is 0. The second-order valence-electron chi connectivity index (χ2n) is 7.57. The normalized spacial score (nSPS) is 11.1. The van der Waals surface area contributed by atoms with Gasteiger partial charge in [-0.2, -0.15) is 0 Å². The van der Waals surface area contributed by atoms with Crippen LogP contribution in [0.25, 0.3) is 10.6 Å². The summed E-state index contributed by atoms with van der Waals surface area (Å²) in [4.78, 5) is 29.8. The van der Waals surface area contributed by atoms with Crippen molar-refractivity contribution in [2.45, 2.75) is 33.3 Å². The largest absolute Gasteiger partial charge is 0.444 e. The van der Waals surface area contributed by atoms with Crippen LogP contribution in [0.4, 0.5) is 20.6 Å². The number of thiazole rings is 1. The second kappa shape index (κ2) is 8.62. The Balaban J connectivity index is 1.82. The minimum atomic E-state index is -0.704. The van der Waals surface area contributed by atoms with Crippen molar-refractivity contribution >= 4 is 34.7 Å². The number of hydrogen-bond acceptors (Lipinski definition) is 5. The summed E-state index contributed by atoms with van der Waals surface area (Å²) in [5.74, 6) is -0.990. The average molecular weight is 428 g/mol. The van der Waals surface area contributed by atoms with Gasteiger partial charge in [-0.05, 0) is 45.9 Å². The van der Waals surface area contributed by atoms with E-state index in [9.17, 15) is 14.0 Å². The topological polar surface area (TPSA) is 80.3 Å². The summed E-state index contributed by atoms with van der Waals surface area (Å²) in [6, 6.07) is 13.2. The van der Waals surface area contributed by atoms with Gasteiger partial charge in [0.05, 0.1) is 17.1 Å². The fraction of sp³-hybridized carbons (Fsp3) is 0.227. The van der Waals surface area contributed by atoms with Crippen LogP contribution < -0.4 is 10.6 Å². The summed E-state index contributed by atoms with van der Waals surface area (Å²) in [6.45, 7) is 6.94. The molecule has 0 saturated heterocycles. The van der Waals surface area contributed by atoms with Gasteiger partial charge in [0.25, 0.3) is 5.91 Å². The summed E-state index contributed by atoms with van der Waals surface area (Å²) in [5, 5.41) is 5.92. The molecule has 2 aromatic carbocycles. The zero-order valence-corrected chi connectivity index (χ0v) is 17.9. The van der Waals surface area contributed by atoms with E-state index in [1.165, 1.54) is 23.5 Å². The molecule has 2 amide bonds. The number of nitrogens with zero attached hydrogens (tertiary/aromatic N) is 1. The van der Waals surface area contributed by atoms with E-state index in [1.807, 2.05) is 30.3 Å². The molecule has 0 radical (unpaired) electrons. The van der Waals surface area contributed by atoms with E-state index < -0.39 is 23.4 Å². The van der Waals surface area contributed by atoms with Crippen molar-refractivity contribution in [3.63, 3.8) is 0 Å². The molecule has 0 unspecified atom stereocenters. The molecule has 1 heterocycles. The number of aromatic nitrogens is 1. The molecule has 0 fully saturated rings. The molecule has 0 atom stereocenters. The van der Waals surface area contributed by atoms with E-state index in [4.69, 9.17) is 4.74 Å². The van der Waals surface area contributed by atoms with Gasteiger partial charge >= 0.3 is 6.09 Å². The molecule has 8 heteroatoms. The van der Waals surface area contributed by atoms with E-state index in [0.717, 1.165) is 11.6 Å². The molecule has 3 aromatic rings. The maximum Gasteiger partial charge on any atom is 0.412 e. The fourth-order valence-corrected chi connectivity index (χ4v) is 3.60. The van der Waals surface area contributed by atoms with E-state index >= 15 is 0 Å². The summed E-state index contributed by atoms with van der Waals surface area (Å²) < 4.78 is 19.0. The number of aryl methyl sites for hydroxylation is 1. The number of hydrogen-bond donors (Lipinski definition) is 2. The number of ether oxygens (including phenoxy) is 1. The lowest BCUT2D eigenvalue weighted by Gasteiger charge is -2.20. The maximum atomic E-state index is 13.8. The predicted octanol–water partition coefficient (Wildman–Crippen LogP) is 5.86. The van der Waals surface area contributed by atoms with Crippen LogP contribution in [0, 0.1) is 12.7 Å². The molecule has 156 valence electrons. The van der Waals surface area contributed by atoms with Crippen LogP contribution in [0.1, 0.15) is 36.1 Å². The molecular formula is C22H22FN3O3S. The van der Waals surface area contributed by atoms with Crippen molar-refractivity contribution in [2.75, 3.05) is 10.6 Å². The van der Waals surface area contributed by atoms with Crippen LogP contribution in [0.15, 0.2) is 48.5 Å². The van der Waals surface area contributed by atoms with Gasteiger partial charge in [-0.3, -0.25) is 10.1 Å². The first kappa shape index (κ1) is 21.4. The molecule has 3 rings (SSSR count). The van der Waals surface area contributed by atoms with Gasteiger partial charge in [0.15, 0.2) is 0 Å². The zero-order chi connectivity index (χ0) is 21.9. The molecule has 6 nitrogen and oxygen atoms in total. The van der Waals surface area contributed by atoms with Crippen molar-refractivity contribution in [3.8, 4) is 10.6 Å². The maximum absolute atomic E-state index is 13.8. The molecule has 0 bridgehead atoms. The third-order valence-electron chi connectivity index (χ3n) is 3.89. The zero-order valence-electron chi connectivity index (χ0n) is 17.1. The summed E-state index contributed by atoms with van der Waals surface area (Å²) >= 11 is 1.24. The van der Waals surface area contributed by atoms with Crippen LogP contribution >= 0.6 is 11.3 Å². The smallest absolute Gasteiger partial charge is 0.412 e. The Morgan fingerprint density at radius 2 is 1.73 bits per heavy atom. The number of benzene rings is 2. The average Bonchev–Trinajstić information content (AvgIpc) is 3.05. The Morgan fingerprint density at radius 3 is 2.40 bits per heavy atom. The van der Waals surface area contributed by atoms with E-state index in [2.05, 4.69) is 15.6 Å². The first-order chi connectivity index (χ1) is 14.1. The van der Waals surface area contributed by atoms with Gasteiger partial charge in [0.2, 0.25) is 0 Å². The third kappa shape index (κ3) is 5.42. The Bertz CT molecular complexity index is 1070. The van der Waals surface area contributed by atoms with Gasteiger partial charge in [-0.15, -0.1) is 11.3 Å². The lowest BCUT2D eigenvalue weighted by atomic mass is 10.2. The van der Waals surface area contributed by atoms with Crippen molar-refractivity contribution in [3.05, 3.63) is 64.9 Å². The molecule has 2 N–H and O–H groups in total. The van der Waals surface area contributed by atoms with E-state index in [1.54, 1.807) is 27.7 Å². The molecule has 0 aliphatic heterocycles. The third-order valence-corrected chi connectivity index (χ3v) is 5.09. The van der Waals surface area contributed by atoms with Gasteiger partial charge in [-0.25, -0.2) is 14.2 Å². The first-order valence-electron chi connectivity index (χ1n) is 9.26. The number of carbonyl (C=O) groups is 2. The molecular weight excluding hydrogens is 405 g/mol. The molecule has 0 spiro atoms. The number of anilines is 2. The van der Waals surface area contributed by atoms with E-state index in [-0.39, 0.29) is 11.4 Å². The molecule has 0 saturated carbocycles. The highest BCUT2D eigenvalue weighted by Gasteiger charge is 2.20. The Hall–Kier alpha value is -3.26. The lowest BCUT2D eigenvalue weighted by Crippen LogP contribution is -2.27. The van der Waals surface area contributed by atoms with Crippen molar-refractivity contribution in [1.29, 1.82) is 0 Å². The van der Waals surface area contributed by atoms with Crippen molar-refractivity contribution in [1.82, 2.24) is 4.98 Å². The Morgan fingerprint density at radius 1 is 1.03 bits per heavy atom. The SMILES string of the molecule is Cc1nc(-c2ccccc2)sc1C(=O)Nc1cc(F)ccc1NC(=O)OC(C)(C)C. The Labute approximate surface area is 178 Å². The van der Waals surface area contributed by atoms with Crippen molar-refractivity contribution < 1.29 is 18.7 Å². The molecule has 1 aromatic heterocycles. The number of carbonyl (C=O) groups excluding carboxylic acids is 2. The Kier molecular flexibility index (Phi) is 6.17. The number of nitrogens with one attached hydrogen (secondary N) is 2. The molecule has 30 heavy (non-hydrogen) atoms. The van der Waals surface area contributed by atoms with Crippen LogP contribution in [0.3, 0.4) is 0 Å². The van der Waals surface area contributed by atoms with Crippen molar-refractivity contribution in [2.24, 2.45) is 0 Å². The van der Waals surface area contributed by atoms with E-state index in [0.29, 0.717) is 15.6 Å².